The lowest BCUT2D eigenvalue weighted by molar-refractivity contribution is -0.166. The maximum absolute atomic E-state index is 13.7. The van der Waals surface area contributed by atoms with Crippen LogP contribution in [0, 0.1) is 46.3 Å². The molecule has 5 heteroatoms. The summed E-state index contributed by atoms with van der Waals surface area (Å²) in [6.45, 7) is 8.73. The average molecular weight is 431 g/mol. The SMILES string of the molecule is CCOC(=O)CC[C@@H](C)C1CC[C@H]2[C@@H]3C(=O)C[C@@H]4CC(=O)CC[C@]4(C)[C@H]3CC(=O)[C@]12C. The van der Waals surface area contributed by atoms with Gasteiger partial charge in [0.15, 0.2) is 0 Å². The zero-order valence-corrected chi connectivity index (χ0v) is 19.6. The number of ether oxygens (including phenoxy) is 1. The van der Waals surface area contributed by atoms with Gasteiger partial charge < -0.3 is 4.74 Å². The molecule has 0 N–H and O–H groups in total. The zero-order valence-electron chi connectivity index (χ0n) is 19.6. The molecule has 5 nitrogen and oxygen atoms in total. The molecule has 1 unspecified atom stereocenters. The van der Waals surface area contributed by atoms with E-state index in [1.54, 1.807) is 0 Å². The Bertz CT molecular complexity index is 787. The van der Waals surface area contributed by atoms with E-state index in [0.29, 0.717) is 50.3 Å². The lowest BCUT2D eigenvalue weighted by Crippen LogP contribution is -2.60. The third-order valence-corrected chi connectivity index (χ3v) is 10.0. The molecule has 0 heterocycles. The molecule has 4 fully saturated rings. The molecule has 0 radical (unpaired) electrons. The second kappa shape index (κ2) is 8.12. The maximum Gasteiger partial charge on any atom is 0.305 e. The van der Waals surface area contributed by atoms with Crippen molar-refractivity contribution in [2.75, 3.05) is 6.61 Å². The molecule has 172 valence electrons. The Hall–Kier alpha value is -1.52. The second-order valence-corrected chi connectivity index (χ2v) is 11.3. The van der Waals surface area contributed by atoms with Gasteiger partial charge in [0, 0.05) is 43.4 Å². The average Bonchev–Trinajstić information content (AvgIpc) is 3.07. The fraction of sp³-hybridized carbons (Fsp3) is 0.846. The van der Waals surface area contributed by atoms with E-state index in [2.05, 4.69) is 20.8 Å². The van der Waals surface area contributed by atoms with E-state index < -0.39 is 5.41 Å². The molecule has 0 spiro atoms. The van der Waals surface area contributed by atoms with Gasteiger partial charge in [-0.25, -0.2) is 0 Å². The van der Waals surface area contributed by atoms with Crippen molar-refractivity contribution in [1.82, 2.24) is 0 Å². The molecule has 0 saturated heterocycles. The third kappa shape index (κ3) is 3.51. The standard InChI is InChI=1S/C26H38O5/c1-5-31-23(30)9-6-15(2)18-7-8-19-24-20(14-22(29)26(18,19)4)25(3)11-10-17(27)12-16(25)13-21(24)28/h15-16,18-20,24H,5-14H2,1-4H3/t15-,16+,18?,19+,20+,24+,25+,26-/m1/s1. The highest BCUT2D eigenvalue weighted by atomic mass is 16.5. The minimum Gasteiger partial charge on any atom is -0.466 e. The summed E-state index contributed by atoms with van der Waals surface area (Å²) < 4.78 is 5.09. The van der Waals surface area contributed by atoms with Gasteiger partial charge in [0.1, 0.15) is 17.3 Å². The van der Waals surface area contributed by atoms with E-state index in [1.165, 1.54) is 0 Å². The number of carbonyl (C=O) groups excluding carboxylic acids is 4. The first-order valence-corrected chi connectivity index (χ1v) is 12.4. The summed E-state index contributed by atoms with van der Waals surface area (Å²) in [5.74, 6) is 1.44. The molecule has 4 aliphatic carbocycles. The van der Waals surface area contributed by atoms with E-state index in [0.717, 1.165) is 25.7 Å². The number of hydrogen-bond acceptors (Lipinski definition) is 5. The van der Waals surface area contributed by atoms with Crippen molar-refractivity contribution in [3.63, 3.8) is 0 Å². The Labute approximate surface area is 186 Å². The first-order valence-electron chi connectivity index (χ1n) is 12.4. The Balaban J connectivity index is 1.57. The molecule has 4 aliphatic rings. The molecule has 31 heavy (non-hydrogen) atoms. The monoisotopic (exact) mass is 430 g/mol. The summed E-state index contributed by atoms with van der Waals surface area (Å²) in [6.07, 6.45) is 5.89. The van der Waals surface area contributed by atoms with Gasteiger partial charge in [-0.15, -0.1) is 0 Å². The van der Waals surface area contributed by atoms with Crippen LogP contribution in [0.1, 0.15) is 85.5 Å². The molecule has 0 aromatic rings. The largest absolute Gasteiger partial charge is 0.466 e. The van der Waals surface area contributed by atoms with E-state index in [4.69, 9.17) is 4.74 Å². The van der Waals surface area contributed by atoms with Crippen molar-refractivity contribution in [3.05, 3.63) is 0 Å². The normalized spacial score (nSPS) is 43.1. The van der Waals surface area contributed by atoms with E-state index in [9.17, 15) is 19.2 Å². The van der Waals surface area contributed by atoms with E-state index >= 15 is 0 Å². The highest BCUT2D eigenvalue weighted by molar-refractivity contribution is 5.93. The predicted molar refractivity (Wildman–Crippen MR) is 116 cm³/mol. The first kappa shape index (κ1) is 22.7. The fourth-order valence-corrected chi connectivity index (χ4v) is 8.17. The predicted octanol–water partition coefficient (Wildman–Crippen LogP) is 4.55. The number of carbonyl (C=O) groups is 4. The van der Waals surface area contributed by atoms with E-state index in [1.807, 2.05) is 6.92 Å². The van der Waals surface area contributed by atoms with Gasteiger partial charge in [-0.2, -0.15) is 0 Å². The van der Waals surface area contributed by atoms with Crippen LogP contribution >= 0.6 is 0 Å². The van der Waals surface area contributed by atoms with Crippen molar-refractivity contribution in [3.8, 4) is 0 Å². The lowest BCUT2D eigenvalue weighted by atomic mass is 9.44. The van der Waals surface area contributed by atoms with Crippen molar-refractivity contribution in [2.45, 2.75) is 85.5 Å². The molecule has 0 amide bonds. The molecule has 4 rings (SSSR count). The van der Waals surface area contributed by atoms with Crippen molar-refractivity contribution >= 4 is 23.3 Å². The quantitative estimate of drug-likeness (QED) is 0.598. The summed E-state index contributed by atoms with van der Waals surface area (Å²) in [6, 6.07) is 0. The second-order valence-electron chi connectivity index (χ2n) is 11.3. The molecule has 8 atom stereocenters. The van der Waals surface area contributed by atoms with Crippen molar-refractivity contribution < 1.29 is 23.9 Å². The molecular weight excluding hydrogens is 392 g/mol. The van der Waals surface area contributed by atoms with Gasteiger partial charge in [-0.05, 0) is 67.6 Å². The van der Waals surface area contributed by atoms with Crippen LogP contribution in [0.3, 0.4) is 0 Å². The summed E-state index contributed by atoms with van der Waals surface area (Å²) >= 11 is 0. The van der Waals surface area contributed by atoms with Crippen LogP contribution in [0.25, 0.3) is 0 Å². The highest BCUT2D eigenvalue weighted by Gasteiger charge is 2.66. The topological polar surface area (TPSA) is 77.5 Å². The Morgan fingerprint density at radius 2 is 1.84 bits per heavy atom. The van der Waals surface area contributed by atoms with Crippen LogP contribution in [-0.4, -0.2) is 29.9 Å². The van der Waals surface area contributed by atoms with Gasteiger partial charge in [0.2, 0.25) is 0 Å². The number of ketones is 3. The van der Waals surface area contributed by atoms with Gasteiger partial charge in [-0.1, -0.05) is 20.8 Å². The smallest absolute Gasteiger partial charge is 0.305 e. The van der Waals surface area contributed by atoms with Crippen LogP contribution < -0.4 is 0 Å². The fourth-order valence-electron chi connectivity index (χ4n) is 8.17. The number of hydrogen-bond donors (Lipinski definition) is 0. The van der Waals surface area contributed by atoms with Crippen LogP contribution in [-0.2, 0) is 23.9 Å². The number of Topliss-reactive ketones (excluding diaryl/α,β-unsaturated/α-hetero) is 3. The van der Waals surface area contributed by atoms with E-state index in [-0.39, 0.29) is 52.7 Å². The van der Waals surface area contributed by atoms with Crippen LogP contribution in [0.15, 0.2) is 0 Å². The third-order valence-electron chi connectivity index (χ3n) is 10.0. The van der Waals surface area contributed by atoms with Crippen molar-refractivity contribution in [1.29, 1.82) is 0 Å². The molecule has 4 saturated carbocycles. The van der Waals surface area contributed by atoms with Crippen LogP contribution in [0.5, 0.6) is 0 Å². The Morgan fingerprint density at radius 3 is 2.55 bits per heavy atom. The number of rotatable bonds is 5. The van der Waals surface area contributed by atoms with Crippen LogP contribution in [0.2, 0.25) is 0 Å². The highest BCUT2D eigenvalue weighted by Crippen LogP contribution is 2.66. The minimum atomic E-state index is -0.474. The molecule has 0 aromatic carbocycles. The summed E-state index contributed by atoms with van der Waals surface area (Å²) in [5, 5.41) is 0. The molecule has 0 aromatic heterocycles. The van der Waals surface area contributed by atoms with Gasteiger partial charge >= 0.3 is 5.97 Å². The Morgan fingerprint density at radius 1 is 1.10 bits per heavy atom. The van der Waals surface area contributed by atoms with Crippen molar-refractivity contribution in [2.24, 2.45) is 46.3 Å². The zero-order chi connectivity index (χ0) is 22.6. The van der Waals surface area contributed by atoms with Crippen LogP contribution in [0.4, 0.5) is 0 Å². The minimum absolute atomic E-state index is 0.0422. The molecule has 0 bridgehead atoms. The summed E-state index contributed by atoms with van der Waals surface area (Å²) in [7, 11) is 0. The molecule has 0 aliphatic heterocycles. The number of esters is 1. The first-order chi connectivity index (χ1) is 14.6. The van der Waals surface area contributed by atoms with Gasteiger partial charge in [0.05, 0.1) is 6.61 Å². The summed E-state index contributed by atoms with van der Waals surface area (Å²) in [5.41, 5.74) is -0.546. The Kier molecular flexibility index (Phi) is 5.93. The van der Waals surface area contributed by atoms with Gasteiger partial charge in [-0.3, -0.25) is 19.2 Å². The number of fused-ring (bicyclic) bond motifs is 5. The lowest BCUT2D eigenvalue weighted by Gasteiger charge is -2.58. The maximum atomic E-state index is 13.7. The summed E-state index contributed by atoms with van der Waals surface area (Å²) in [4.78, 5) is 51.1. The van der Waals surface area contributed by atoms with Gasteiger partial charge in [0.25, 0.3) is 0 Å². The molecular formula is C26H38O5.